The molecule has 0 saturated carbocycles. The van der Waals surface area contributed by atoms with Gasteiger partial charge in [0, 0.05) is 0 Å². The maximum absolute atomic E-state index is 12.2. The quantitative estimate of drug-likeness (QED) is 0.603. The number of carbonyl (C=O) groups is 2. The fourth-order valence-corrected chi connectivity index (χ4v) is 3.05. The summed E-state index contributed by atoms with van der Waals surface area (Å²) in [6, 6.07) is 15.3. The van der Waals surface area contributed by atoms with E-state index in [1.54, 1.807) is 12.1 Å². The molecule has 8 heteroatoms. The van der Waals surface area contributed by atoms with E-state index in [4.69, 9.17) is 9.66 Å². The fourth-order valence-electron chi connectivity index (χ4n) is 2.52. The summed E-state index contributed by atoms with van der Waals surface area (Å²) in [5.41, 5.74) is 2.50. The van der Waals surface area contributed by atoms with E-state index >= 15 is 0 Å². The molecular formula is C18H19NO6S. The first-order valence-electron chi connectivity index (χ1n) is 7.87. The van der Waals surface area contributed by atoms with Gasteiger partial charge in [0.1, 0.15) is 6.04 Å². The summed E-state index contributed by atoms with van der Waals surface area (Å²) in [6.07, 6.45) is -0.471. The number of carbonyl (C=O) groups excluding carboxylic acids is 1. The van der Waals surface area contributed by atoms with Gasteiger partial charge in [-0.05, 0) is 23.1 Å². The number of aliphatic carboxylic acids is 1. The van der Waals surface area contributed by atoms with Crippen molar-refractivity contribution in [2.45, 2.75) is 18.9 Å². The molecule has 1 amide bonds. The minimum Gasteiger partial charge on any atom is -0.480 e. The zero-order chi connectivity index (χ0) is 19.2. The van der Waals surface area contributed by atoms with Crippen molar-refractivity contribution < 1.29 is 27.7 Å². The smallest absolute Gasteiger partial charge is 0.326 e. The van der Waals surface area contributed by atoms with Crippen LogP contribution < -0.4 is 5.32 Å². The van der Waals surface area contributed by atoms with Gasteiger partial charge in [-0.15, -0.1) is 0 Å². The van der Waals surface area contributed by atoms with Crippen LogP contribution in [0.3, 0.4) is 0 Å². The molecule has 7 nitrogen and oxygen atoms in total. The van der Waals surface area contributed by atoms with Crippen molar-refractivity contribution in [1.82, 2.24) is 5.32 Å². The third-order valence-corrected chi connectivity index (χ3v) is 4.50. The van der Waals surface area contributed by atoms with Gasteiger partial charge in [0.05, 0.1) is 12.2 Å². The summed E-state index contributed by atoms with van der Waals surface area (Å²) in [5, 5.41) is 11.4. The lowest BCUT2D eigenvalue weighted by Crippen LogP contribution is -2.42. The maximum atomic E-state index is 12.2. The van der Waals surface area contributed by atoms with Gasteiger partial charge in [-0.25, -0.2) is 4.79 Å². The molecule has 0 aromatic heterocycles. The van der Waals surface area contributed by atoms with E-state index in [0.717, 1.165) is 16.7 Å². The van der Waals surface area contributed by atoms with E-state index in [-0.39, 0.29) is 6.42 Å². The zero-order valence-electron chi connectivity index (χ0n) is 13.8. The molecule has 0 saturated heterocycles. The van der Waals surface area contributed by atoms with Crippen LogP contribution in [-0.4, -0.2) is 41.7 Å². The molecular weight excluding hydrogens is 358 g/mol. The number of benzene rings is 2. The number of rotatable bonds is 8. The molecule has 0 aliphatic heterocycles. The van der Waals surface area contributed by atoms with Gasteiger partial charge in [-0.2, -0.15) is 8.42 Å². The lowest BCUT2D eigenvalue weighted by molar-refractivity contribution is -0.141. The Morgan fingerprint density at radius 3 is 2.23 bits per heavy atom. The molecule has 0 spiro atoms. The maximum Gasteiger partial charge on any atom is 0.326 e. The third kappa shape index (κ3) is 5.98. The fraction of sp³-hybridized carbons (Fsp3) is 0.222. The largest absolute Gasteiger partial charge is 0.480 e. The Bertz CT molecular complexity index is 880. The van der Waals surface area contributed by atoms with E-state index in [9.17, 15) is 18.0 Å². The summed E-state index contributed by atoms with van der Waals surface area (Å²) in [4.78, 5) is 23.5. The molecule has 3 N–H and O–H groups in total. The SMILES string of the molecule is O=C(Cc1ccccc1-c1ccccc1)N[C@@H](CCS(=O)(=O)O)C(=O)O. The van der Waals surface area contributed by atoms with Gasteiger partial charge in [-0.3, -0.25) is 9.35 Å². The van der Waals surface area contributed by atoms with E-state index in [0.29, 0.717) is 0 Å². The second-order valence-corrected chi connectivity index (χ2v) is 7.31. The van der Waals surface area contributed by atoms with Crippen LogP contribution in [0, 0.1) is 0 Å². The molecule has 0 aliphatic rings. The van der Waals surface area contributed by atoms with Gasteiger partial charge in [0.25, 0.3) is 10.1 Å². The van der Waals surface area contributed by atoms with Gasteiger partial charge >= 0.3 is 5.97 Å². The first-order valence-corrected chi connectivity index (χ1v) is 9.48. The summed E-state index contributed by atoms with van der Waals surface area (Å²) in [6.45, 7) is 0. The number of carboxylic acid groups (broad SMARTS) is 1. The monoisotopic (exact) mass is 377 g/mol. The zero-order valence-corrected chi connectivity index (χ0v) is 14.6. The number of nitrogens with one attached hydrogen (secondary N) is 1. The predicted molar refractivity (Wildman–Crippen MR) is 96.2 cm³/mol. The average Bonchev–Trinajstić information content (AvgIpc) is 2.59. The van der Waals surface area contributed by atoms with E-state index in [2.05, 4.69) is 5.32 Å². The van der Waals surface area contributed by atoms with Crippen molar-refractivity contribution in [1.29, 1.82) is 0 Å². The Balaban J connectivity index is 2.11. The summed E-state index contributed by atoms with van der Waals surface area (Å²) < 4.78 is 30.3. The van der Waals surface area contributed by atoms with Gasteiger partial charge < -0.3 is 10.4 Å². The minimum absolute atomic E-state index is 0.0548. The van der Waals surface area contributed by atoms with Crippen LogP contribution in [0.4, 0.5) is 0 Å². The lowest BCUT2D eigenvalue weighted by Gasteiger charge is -2.15. The number of carboxylic acids is 1. The van der Waals surface area contributed by atoms with Crippen LogP contribution in [0.15, 0.2) is 54.6 Å². The lowest BCUT2D eigenvalue weighted by atomic mass is 9.97. The average molecular weight is 377 g/mol. The highest BCUT2D eigenvalue weighted by Crippen LogP contribution is 2.23. The van der Waals surface area contributed by atoms with Crippen molar-refractivity contribution >= 4 is 22.0 Å². The summed E-state index contributed by atoms with van der Waals surface area (Å²) >= 11 is 0. The van der Waals surface area contributed by atoms with Gasteiger partial charge in [0.2, 0.25) is 5.91 Å². The van der Waals surface area contributed by atoms with Gasteiger partial charge in [-0.1, -0.05) is 54.6 Å². The Labute approximate surface area is 151 Å². The highest BCUT2D eigenvalue weighted by atomic mass is 32.2. The molecule has 0 bridgehead atoms. The van der Waals surface area contributed by atoms with Crippen molar-refractivity contribution in [3.63, 3.8) is 0 Å². The first-order chi connectivity index (χ1) is 12.3. The van der Waals surface area contributed by atoms with Crippen LogP contribution in [0.1, 0.15) is 12.0 Å². The Morgan fingerprint density at radius 1 is 1.00 bits per heavy atom. The van der Waals surface area contributed by atoms with Crippen LogP contribution in [0.25, 0.3) is 11.1 Å². The molecule has 26 heavy (non-hydrogen) atoms. The second kappa shape index (κ2) is 8.59. The third-order valence-electron chi connectivity index (χ3n) is 3.75. The number of amides is 1. The predicted octanol–water partition coefficient (Wildman–Crippen LogP) is 1.74. The Morgan fingerprint density at radius 2 is 1.62 bits per heavy atom. The van der Waals surface area contributed by atoms with Crippen LogP contribution in [-0.2, 0) is 26.1 Å². The van der Waals surface area contributed by atoms with E-state index < -0.39 is 40.2 Å². The van der Waals surface area contributed by atoms with Gasteiger partial charge in [0.15, 0.2) is 0 Å². The minimum atomic E-state index is -4.30. The molecule has 2 aromatic carbocycles. The summed E-state index contributed by atoms with van der Waals surface area (Å²) in [7, 11) is -4.30. The molecule has 138 valence electrons. The summed E-state index contributed by atoms with van der Waals surface area (Å²) in [5.74, 6) is -2.65. The molecule has 0 unspecified atom stereocenters. The highest BCUT2D eigenvalue weighted by molar-refractivity contribution is 7.85. The number of hydrogen-bond donors (Lipinski definition) is 3. The topological polar surface area (TPSA) is 121 Å². The van der Waals surface area contributed by atoms with Crippen molar-refractivity contribution in [3.05, 3.63) is 60.2 Å². The molecule has 2 aromatic rings. The van der Waals surface area contributed by atoms with Crippen LogP contribution in [0.5, 0.6) is 0 Å². The van der Waals surface area contributed by atoms with Crippen molar-refractivity contribution in [2.24, 2.45) is 0 Å². The molecule has 2 rings (SSSR count). The molecule has 1 atom stereocenters. The molecule has 0 fully saturated rings. The highest BCUT2D eigenvalue weighted by Gasteiger charge is 2.22. The second-order valence-electron chi connectivity index (χ2n) is 5.73. The first kappa shape index (κ1) is 19.6. The molecule has 0 heterocycles. The standard InChI is InChI=1S/C18H19NO6S/c20-17(19-16(18(21)22)10-11-26(23,24)25)12-14-8-4-5-9-15(14)13-6-2-1-3-7-13/h1-9,16H,10-12H2,(H,19,20)(H,21,22)(H,23,24,25)/t16-/m0/s1. The number of hydrogen-bond acceptors (Lipinski definition) is 4. The Kier molecular flexibility index (Phi) is 6.48. The molecule has 0 radical (unpaired) electrons. The van der Waals surface area contributed by atoms with E-state index in [1.165, 1.54) is 0 Å². The molecule has 0 aliphatic carbocycles. The normalized spacial score (nSPS) is 12.3. The van der Waals surface area contributed by atoms with Crippen molar-refractivity contribution in [2.75, 3.05) is 5.75 Å². The Hall–Kier alpha value is -2.71. The van der Waals surface area contributed by atoms with Crippen LogP contribution in [0.2, 0.25) is 0 Å². The van der Waals surface area contributed by atoms with Crippen molar-refractivity contribution in [3.8, 4) is 11.1 Å². The van der Waals surface area contributed by atoms with E-state index in [1.807, 2.05) is 42.5 Å². The van der Waals surface area contributed by atoms with Crippen LogP contribution >= 0.6 is 0 Å².